The van der Waals surface area contributed by atoms with Gasteiger partial charge in [0.05, 0.1) is 18.8 Å². The highest BCUT2D eigenvalue weighted by atomic mass is 16.5. The molecule has 1 rings (SSSR count). The lowest BCUT2D eigenvalue weighted by atomic mass is 10.1. The fourth-order valence-electron chi connectivity index (χ4n) is 1.10. The van der Waals surface area contributed by atoms with Crippen LogP contribution in [0.15, 0.2) is 24.3 Å². The largest absolute Gasteiger partial charge is 0.465 e. The third kappa shape index (κ3) is 2.31. The standard InChI is InChI=1S/C10H13NO3/c1-14-10(13)8-4-2-7(3-5-8)9(12)6-11/h2-5,9,12H,6,11H2,1H3. The van der Waals surface area contributed by atoms with E-state index in [2.05, 4.69) is 4.74 Å². The zero-order valence-electron chi connectivity index (χ0n) is 7.93. The van der Waals surface area contributed by atoms with Gasteiger partial charge in [0.25, 0.3) is 0 Å². The van der Waals surface area contributed by atoms with E-state index >= 15 is 0 Å². The minimum atomic E-state index is -0.679. The Hall–Kier alpha value is -1.39. The van der Waals surface area contributed by atoms with E-state index in [-0.39, 0.29) is 6.54 Å². The average molecular weight is 195 g/mol. The van der Waals surface area contributed by atoms with Crippen LogP contribution in [0.1, 0.15) is 22.0 Å². The second kappa shape index (κ2) is 4.74. The van der Waals surface area contributed by atoms with E-state index in [1.54, 1.807) is 24.3 Å². The van der Waals surface area contributed by atoms with Crippen molar-refractivity contribution in [3.05, 3.63) is 35.4 Å². The van der Waals surface area contributed by atoms with Gasteiger partial charge in [-0.05, 0) is 17.7 Å². The molecule has 0 aliphatic heterocycles. The number of benzene rings is 1. The van der Waals surface area contributed by atoms with E-state index in [4.69, 9.17) is 5.73 Å². The first-order valence-corrected chi connectivity index (χ1v) is 4.25. The van der Waals surface area contributed by atoms with Crippen LogP contribution in [0.3, 0.4) is 0 Å². The van der Waals surface area contributed by atoms with Crippen LogP contribution < -0.4 is 5.73 Å². The van der Waals surface area contributed by atoms with Crippen molar-refractivity contribution in [1.29, 1.82) is 0 Å². The molecule has 0 aliphatic rings. The van der Waals surface area contributed by atoms with Gasteiger partial charge < -0.3 is 15.6 Å². The zero-order chi connectivity index (χ0) is 10.6. The molecule has 1 atom stereocenters. The van der Waals surface area contributed by atoms with Crippen LogP contribution in [0.2, 0.25) is 0 Å². The van der Waals surface area contributed by atoms with Crippen LogP contribution in [-0.2, 0) is 4.74 Å². The van der Waals surface area contributed by atoms with Crippen LogP contribution >= 0.6 is 0 Å². The quantitative estimate of drug-likeness (QED) is 0.687. The van der Waals surface area contributed by atoms with E-state index in [0.717, 1.165) is 0 Å². The highest BCUT2D eigenvalue weighted by molar-refractivity contribution is 5.89. The first kappa shape index (κ1) is 10.7. The van der Waals surface area contributed by atoms with Crippen molar-refractivity contribution < 1.29 is 14.6 Å². The predicted octanol–water partition coefficient (Wildman–Crippen LogP) is 0.465. The molecule has 3 N–H and O–H groups in total. The fourth-order valence-corrected chi connectivity index (χ4v) is 1.10. The second-order valence-electron chi connectivity index (χ2n) is 2.87. The number of aliphatic hydroxyl groups excluding tert-OH is 1. The van der Waals surface area contributed by atoms with Gasteiger partial charge in [-0.15, -0.1) is 0 Å². The van der Waals surface area contributed by atoms with Gasteiger partial charge in [0.15, 0.2) is 0 Å². The predicted molar refractivity (Wildman–Crippen MR) is 51.8 cm³/mol. The molecule has 1 unspecified atom stereocenters. The number of hydrogen-bond donors (Lipinski definition) is 2. The number of methoxy groups -OCH3 is 1. The highest BCUT2D eigenvalue weighted by Crippen LogP contribution is 2.12. The smallest absolute Gasteiger partial charge is 0.337 e. The van der Waals surface area contributed by atoms with Gasteiger partial charge in [-0.1, -0.05) is 12.1 Å². The Labute approximate surface area is 82.3 Å². The summed E-state index contributed by atoms with van der Waals surface area (Å²) in [6.07, 6.45) is -0.679. The van der Waals surface area contributed by atoms with Crippen LogP contribution in [-0.4, -0.2) is 24.7 Å². The maximum Gasteiger partial charge on any atom is 0.337 e. The number of carbonyl (C=O) groups excluding carboxylic acids is 1. The molecule has 0 saturated carbocycles. The van der Waals surface area contributed by atoms with Crippen molar-refractivity contribution in [1.82, 2.24) is 0 Å². The van der Waals surface area contributed by atoms with Gasteiger partial charge in [0, 0.05) is 6.54 Å². The van der Waals surface area contributed by atoms with Crippen molar-refractivity contribution >= 4 is 5.97 Å². The molecular weight excluding hydrogens is 182 g/mol. The molecule has 0 fully saturated rings. The maximum atomic E-state index is 11.1. The zero-order valence-corrected chi connectivity index (χ0v) is 7.93. The van der Waals surface area contributed by atoms with Gasteiger partial charge >= 0.3 is 5.97 Å². The van der Waals surface area contributed by atoms with Crippen molar-refractivity contribution in [3.63, 3.8) is 0 Å². The number of carbonyl (C=O) groups is 1. The molecule has 4 nitrogen and oxygen atoms in total. The second-order valence-corrected chi connectivity index (χ2v) is 2.87. The molecule has 76 valence electrons. The summed E-state index contributed by atoms with van der Waals surface area (Å²) >= 11 is 0. The molecule has 1 aromatic rings. The summed E-state index contributed by atoms with van der Waals surface area (Å²) in [5.74, 6) is -0.390. The SMILES string of the molecule is COC(=O)c1ccc(C(O)CN)cc1. The molecule has 4 heteroatoms. The Morgan fingerprint density at radius 1 is 1.50 bits per heavy atom. The molecule has 0 saturated heterocycles. The first-order chi connectivity index (χ1) is 6.69. The Morgan fingerprint density at radius 3 is 2.50 bits per heavy atom. The van der Waals surface area contributed by atoms with E-state index in [1.807, 2.05) is 0 Å². The third-order valence-electron chi connectivity index (χ3n) is 1.94. The number of rotatable bonds is 3. The van der Waals surface area contributed by atoms with Crippen LogP contribution in [0.25, 0.3) is 0 Å². The number of esters is 1. The summed E-state index contributed by atoms with van der Waals surface area (Å²) in [5.41, 5.74) is 6.44. The molecule has 0 aliphatic carbocycles. The minimum absolute atomic E-state index is 0.164. The fraction of sp³-hybridized carbons (Fsp3) is 0.300. The molecule has 1 aromatic carbocycles. The number of nitrogens with two attached hydrogens (primary N) is 1. The molecule has 0 heterocycles. The molecule has 0 aromatic heterocycles. The van der Waals surface area contributed by atoms with Crippen molar-refractivity contribution in [2.45, 2.75) is 6.10 Å². The third-order valence-corrected chi connectivity index (χ3v) is 1.94. The van der Waals surface area contributed by atoms with Crippen molar-refractivity contribution in [2.24, 2.45) is 5.73 Å². The molecular formula is C10H13NO3. The molecule has 0 spiro atoms. The van der Waals surface area contributed by atoms with Gasteiger partial charge in [0.2, 0.25) is 0 Å². The van der Waals surface area contributed by atoms with Gasteiger partial charge in [-0.25, -0.2) is 4.79 Å². The van der Waals surface area contributed by atoms with Crippen LogP contribution in [0.4, 0.5) is 0 Å². The lowest BCUT2D eigenvalue weighted by Gasteiger charge is -2.07. The van der Waals surface area contributed by atoms with Crippen LogP contribution in [0.5, 0.6) is 0 Å². The van der Waals surface area contributed by atoms with Gasteiger partial charge in [-0.2, -0.15) is 0 Å². The summed E-state index contributed by atoms with van der Waals surface area (Å²) in [5, 5.41) is 9.37. The van der Waals surface area contributed by atoms with E-state index in [0.29, 0.717) is 11.1 Å². The minimum Gasteiger partial charge on any atom is -0.465 e. The Bertz CT molecular complexity index is 308. The normalized spacial score (nSPS) is 12.2. The Kier molecular flexibility index (Phi) is 3.62. The Morgan fingerprint density at radius 2 is 2.07 bits per heavy atom. The first-order valence-electron chi connectivity index (χ1n) is 4.25. The van der Waals surface area contributed by atoms with E-state index in [9.17, 15) is 9.90 Å². The monoisotopic (exact) mass is 195 g/mol. The van der Waals surface area contributed by atoms with Crippen molar-refractivity contribution in [2.75, 3.05) is 13.7 Å². The molecule has 0 bridgehead atoms. The average Bonchev–Trinajstić information content (AvgIpc) is 2.27. The Balaban J connectivity index is 2.83. The molecule has 0 amide bonds. The number of hydrogen-bond acceptors (Lipinski definition) is 4. The summed E-state index contributed by atoms with van der Waals surface area (Å²) in [4.78, 5) is 11.1. The topological polar surface area (TPSA) is 72.5 Å². The summed E-state index contributed by atoms with van der Waals surface area (Å²) in [6, 6.07) is 6.51. The summed E-state index contributed by atoms with van der Waals surface area (Å²) in [7, 11) is 1.32. The van der Waals surface area contributed by atoms with E-state index < -0.39 is 12.1 Å². The lowest BCUT2D eigenvalue weighted by Crippen LogP contribution is -2.11. The molecule has 14 heavy (non-hydrogen) atoms. The van der Waals surface area contributed by atoms with Gasteiger partial charge in [-0.3, -0.25) is 0 Å². The van der Waals surface area contributed by atoms with Crippen LogP contribution in [0, 0.1) is 0 Å². The van der Waals surface area contributed by atoms with Crippen molar-refractivity contribution in [3.8, 4) is 0 Å². The lowest BCUT2D eigenvalue weighted by molar-refractivity contribution is 0.0600. The maximum absolute atomic E-state index is 11.1. The van der Waals surface area contributed by atoms with Gasteiger partial charge in [0.1, 0.15) is 0 Å². The van der Waals surface area contributed by atoms with E-state index in [1.165, 1.54) is 7.11 Å². The highest BCUT2D eigenvalue weighted by Gasteiger charge is 2.07. The summed E-state index contributed by atoms with van der Waals surface area (Å²) in [6.45, 7) is 0.164. The number of aliphatic hydroxyl groups is 1. The number of ether oxygens (including phenoxy) is 1. The molecule has 0 radical (unpaired) electrons. The summed E-state index contributed by atoms with van der Waals surface area (Å²) < 4.78 is 4.54.